The molecule has 0 fully saturated rings. The molecule has 0 aromatic rings. The van der Waals surface area contributed by atoms with E-state index in [1.165, 1.54) is 0 Å². The standard InChI is InChI=1S/C8H10O2S/c1-3-6-7(4-2)10-8(11)5-9-6/h3-4,8,11H,1-2,5H2. The molecule has 3 heteroatoms. The van der Waals surface area contributed by atoms with Crippen LogP contribution in [-0.4, -0.2) is 12.0 Å². The maximum Gasteiger partial charge on any atom is 0.175 e. The predicted octanol–water partition coefficient (Wildman–Crippen LogP) is 1.87. The van der Waals surface area contributed by atoms with Crippen LogP contribution >= 0.6 is 12.6 Å². The van der Waals surface area contributed by atoms with E-state index in [1.54, 1.807) is 12.2 Å². The first-order valence-corrected chi connectivity index (χ1v) is 3.76. The van der Waals surface area contributed by atoms with Crippen molar-refractivity contribution >= 4 is 12.6 Å². The normalized spacial score (nSPS) is 23.5. The minimum absolute atomic E-state index is 0.202. The Morgan fingerprint density at radius 3 is 2.55 bits per heavy atom. The summed E-state index contributed by atoms with van der Waals surface area (Å²) in [5, 5.41) is 0. The van der Waals surface area contributed by atoms with Crippen LogP contribution in [0, 0.1) is 0 Å². The van der Waals surface area contributed by atoms with Gasteiger partial charge < -0.3 is 9.47 Å². The number of rotatable bonds is 2. The number of ether oxygens (including phenoxy) is 2. The summed E-state index contributed by atoms with van der Waals surface area (Å²) < 4.78 is 10.5. The lowest BCUT2D eigenvalue weighted by atomic mass is 10.3. The first kappa shape index (κ1) is 8.27. The molecule has 1 heterocycles. The van der Waals surface area contributed by atoms with Gasteiger partial charge in [0.05, 0.1) is 0 Å². The lowest BCUT2D eigenvalue weighted by Gasteiger charge is -2.22. The van der Waals surface area contributed by atoms with E-state index in [9.17, 15) is 0 Å². The molecule has 0 bridgehead atoms. The second kappa shape index (κ2) is 3.53. The molecule has 0 N–H and O–H groups in total. The molecule has 1 atom stereocenters. The number of thiol groups is 1. The number of hydrogen-bond donors (Lipinski definition) is 1. The van der Waals surface area contributed by atoms with Crippen LogP contribution in [0.3, 0.4) is 0 Å². The third-order valence-corrected chi connectivity index (χ3v) is 1.51. The highest BCUT2D eigenvalue weighted by Gasteiger charge is 2.16. The van der Waals surface area contributed by atoms with Crippen LogP contribution in [0.1, 0.15) is 0 Å². The Morgan fingerprint density at radius 2 is 2.00 bits per heavy atom. The lowest BCUT2D eigenvalue weighted by molar-refractivity contribution is 0.0581. The molecule has 2 nitrogen and oxygen atoms in total. The molecule has 0 spiro atoms. The van der Waals surface area contributed by atoms with Crippen molar-refractivity contribution in [2.24, 2.45) is 0 Å². The van der Waals surface area contributed by atoms with E-state index in [0.29, 0.717) is 18.1 Å². The van der Waals surface area contributed by atoms with Gasteiger partial charge in [0, 0.05) is 0 Å². The van der Waals surface area contributed by atoms with E-state index in [4.69, 9.17) is 9.47 Å². The highest BCUT2D eigenvalue weighted by molar-refractivity contribution is 7.80. The zero-order valence-corrected chi connectivity index (χ0v) is 7.01. The number of hydrogen-bond acceptors (Lipinski definition) is 3. The van der Waals surface area contributed by atoms with Gasteiger partial charge in [0.25, 0.3) is 0 Å². The van der Waals surface area contributed by atoms with Crippen molar-refractivity contribution in [1.82, 2.24) is 0 Å². The zero-order valence-electron chi connectivity index (χ0n) is 6.12. The molecular formula is C8H10O2S. The highest BCUT2D eigenvalue weighted by Crippen LogP contribution is 2.20. The SMILES string of the molecule is C=CC1=C(C=C)OC(S)CO1. The van der Waals surface area contributed by atoms with Crippen molar-refractivity contribution in [3.8, 4) is 0 Å². The predicted molar refractivity (Wildman–Crippen MR) is 47.2 cm³/mol. The van der Waals surface area contributed by atoms with Gasteiger partial charge in [0.2, 0.25) is 0 Å². The van der Waals surface area contributed by atoms with Gasteiger partial charge in [-0.3, -0.25) is 0 Å². The first-order valence-electron chi connectivity index (χ1n) is 3.24. The average molecular weight is 170 g/mol. The Labute approximate surface area is 71.6 Å². The van der Waals surface area contributed by atoms with Gasteiger partial charge in [-0.2, -0.15) is 0 Å². The van der Waals surface area contributed by atoms with Gasteiger partial charge in [-0.05, 0) is 12.2 Å². The molecule has 0 aromatic heterocycles. The molecule has 11 heavy (non-hydrogen) atoms. The van der Waals surface area contributed by atoms with Gasteiger partial charge in [0.1, 0.15) is 6.61 Å². The van der Waals surface area contributed by atoms with E-state index in [-0.39, 0.29) is 5.44 Å². The van der Waals surface area contributed by atoms with Crippen molar-refractivity contribution in [1.29, 1.82) is 0 Å². The zero-order chi connectivity index (χ0) is 8.27. The third-order valence-electron chi connectivity index (χ3n) is 1.26. The Morgan fingerprint density at radius 1 is 1.36 bits per heavy atom. The molecule has 0 radical (unpaired) electrons. The molecule has 60 valence electrons. The van der Waals surface area contributed by atoms with Gasteiger partial charge in [-0.25, -0.2) is 0 Å². The van der Waals surface area contributed by atoms with Crippen LogP contribution in [-0.2, 0) is 9.47 Å². The summed E-state index contributed by atoms with van der Waals surface area (Å²) in [5.74, 6) is 1.23. The summed E-state index contributed by atoms with van der Waals surface area (Å²) in [5.41, 5.74) is -0.202. The van der Waals surface area contributed by atoms with E-state index < -0.39 is 0 Å². The minimum atomic E-state index is -0.202. The van der Waals surface area contributed by atoms with Crippen molar-refractivity contribution in [2.45, 2.75) is 5.44 Å². The second-order valence-electron chi connectivity index (χ2n) is 2.02. The molecule has 0 saturated carbocycles. The van der Waals surface area contributed by atoms with Gasteiger partial charge in [-0.15, -0.1) is 12.6 Å². The van der Waals surface area contributed by atoms with Crippen LogP contribution in [0.15, 0.2) is 36.8 Å². The van der Waals surface area contributed by atoms with Crippen LogP contribution in [0.2, 0.25) is 0 Å². The molecule has 0 saturated heterocycles. The minimum Gasteiger partial charge on any atom is -0.485 e. The van der Waals surface area contributed by atoms with Gasteiger partial charge >= 0.3 is 0 Å². The van der Waals surface area contributed by atoms with Crippen LogP contribution in [0.5, 0.6) is 0 Å². The summed E-state index contributed by atoms with van der Waals surface area (Å²) in [7, 11) is 0. The molecule has 0 aromatic carbocycles. The number of allylic oxidation sites excluding steroid dienone is 2. The van der Waals surface area contributed by atoms with Crippen molar-refractivity contribution < 1.29 is 9.47 Å². The van der Waals surface area contributed by atoms with Crippen molar-refractivity contribution in [3.05, 3.63) is 36.8 Å². The molecular weight excluding hydrogens is 160 g/mol. The van der Waals surface area contributed by atoms with E-state index in [2.05, 4.69) is 25.8 Å². The fraction of sp³-hybridized carbons (Fsp3) is 0.250. The molecule has 0 aliphatic carbocycles. The summed E-state index contributed by atoms with van der Waals surface area (Å²) in [6, 6.07) is 0. The van der Waals surface area contributed by atoms with Gasteiger partial charge in [-0.1, -0.05) is 13.2 Å². The Hall–Kier alpha value is -0.830. The Balaban J connectivity index is 2.82. The summed E-state index contributed by atoms with van der Waals surface area (Å²) in [4.78, 5) is 0. The Bertz CT molecular complexity index is 208. The topological polar surface area (TPSA) is 18.5 Å². The lowest BCUT2D eigenvalue weighted by Crippen LogP contribution is -2.19. The van der Waals surface area contributed by atoms with Crippen molar-refractivity contribution in [2.75, 3.05) is 6.61 Å². The average Bonchev–Trinajstić information content (AvgIpc) is 2.04. The fourth-order valence-corrected chi connectivity index (χ4v) is 0.967. The van der Waals surface area contributed by atoms with Crippen LogP contribution in [0.25, 0.3) is 0 Å². The summed E-state index contributed by atoms with van der Waals surface area (Å²) >= 11 is 4.09. The van der Waals surface area contributed by atoms with Crippen molar-refractivity contribution in [3.63, 3.8) is 0 Å². The summed E-state index contributed by atoms with van der Waals surface area (Å²) in [6.45, 7) is 7.59. The maximum absolute atomic E-state index is 5.27. The molecule has 0 amide bonds. The molecule has 1 unspecified atom stereocenters. The third kappa shape index (κ3) is 1.80. The molecule has 1 aliphatic heterocycles. The summed E-state index contributed by atoms with van der Waals surface area (Å²) in [6.07, 6.45) is 3.18. The smallest absolute Gasteiger partial charge is 0.175 e. The monoisotopic (exact) mass is 170 g/mol. The Kier molecular flexibility index (Phi) is 2.65. The van der Waals surface area contributed by atoms with Crippen LogP contribution < -0.4 is 0 Å². The fourth-order valence-electron chi connectivity index (χ4n) is 0.779. The highest BCUT2D eigenvalue weighted by atomic mass is 32.1. The van der Waals surface area contributed by atoms with Gasteiger partial charge in [0.15, 0.2) is 17.0 Å². The van der Waals surface area contributed by atoms with Crippen LogP contribution in [0.4, 0.5) is 0 Å². The molecule has 1 aliphatic rings. The maximum atomic E-state index is 5.27. The van der Waals surface area contributed by atoms with E-state index in [1.807, 2.05) is 0 Å². The van der Waals surface area contributed by atoms with E-state index >= 15 is 0 Å². The molecule has 1 rings (SSSR count). The van der Waals surface area contributed by atoms with E-state index in [0.717, 1.165) is 0 Å². The largest absolute Gasteiger partial charge is 0.485 e. The second-order valence-corrected chi connectivity index (χ2v) is 2.60. The quantitative estimate of drug-likeness (QED) is 0.638. The first-order chi connectivity index (χ1) is 5.27.